The molecule has 6 heteroatoms. The van der Waals surface area contributed by atoms with Crippen molar-refractivity contribution in [3.05, 3.63) is 0 Å². The molecule has 0 saturated carbocycles. The number of nitrogens with one attached hydrogen (secondary N) is 3. The largest absolute Gasteiger partial charge is 0.450 e. The van der Waals surface area contributed by atoms with E-state index in [1.54, 1.807) is 14.0 Å². The van der Waals surface area contributed by atoms with Crippen LogP contribution in [0.5, 0.6) is 0 Å². The number of hydrogen-bond donors (Lipinski definition) is 3. The number of carbonyl (C=O) groups is 1. The SMILES string of the molecule is CCOC(=O)NC(CNC(=NC)NC(C)C(C)C)CC(C)C. The van der Waals surface area contributed by atoms with Crippen molar-refractivity contribution in [1.29, 1.82) is 0 Å². The van der Waals surface area contributed by atoms with Gasteiger partial charge in [-0.05, 0) is 32.1 Å². The summed E-state index contributed by atoms with van der Waals surface area (Å²) in [5.74, 6) is 1.75. The van der Waals surface area contributed by atoms with Crippen LogP contribution < -0.4 is 16.0 Å². The zero-order chi connectivity index (χ0) is 17.1. The summed E-state index contributed by atoms with van der Waals surface area (Å²) in [7, 11) is 1.75. The molecule has 6 nitrogen and oxygen atoms in total. The summed E-state index contributed by atoms with van der Waals surface area (Å²) in [6.07, 6.45) is 0.510. The normalized spacial score (nSPS) is 14.7. The molecule has 0 aromatic rings. The van der Waals surface area contributed by atoms with E-state index in [0.717, 1.165) is 12.4 Å². The maximum absolute atomic E-state index is 11.6. The van der Waals surface area contributed by atoms with Crippen molar-refractivity contribution in [2.75, 3.05) is 20.2 Å². The van der Waals surface area contributed by atoms with E-state index in [9.17, 15) is 4.79 Å². The Balaban J connectivity index is 4.48. The lowest BCUT2D eigenvalue weighted by molar-refractivity contribution is 0.146. The lowest BCUT2D eigenvalue weighted by Gasteiger charge is -2.24. The summed E-state index contributed by atoms with van der Waals surface area (Å²) in [5.41, 5.74) is 0. The minimum atomic E-state index is -0.367. The molecule has 2 atom stereocenters. The first kappa shape index (κ1) is 20.5. The minimum absolute atomic E-state index is 0.00644. The lowest BCUT2D eigenvalue weighted by Crippen LogP contribution is -2.50. The zero-order valence-electron chi connectivity index (χ0n) is 15.2. The van der Waals surface area contributed by atoms with Gasteiger partial charge in [0.1, 0.15) is 0 Å². The molecule has 3 N–H and O–H groups in total. The number of aliphatic imine (C=N–C) groups is 1. The van der Waals surface area contributed by atoms with Crippen LogP contribution in [0.1, 0.15) is 48.0 Å². The smallest absolute Gasteiger partial charge is 0.407 e. The van der Waals surface area contributed by atoms with Gasteiger partial charge in [0, 0.05) is 25.7 Å². The van der Waals surface area contributed by atoms with Crippen molar-refractivity contribution in [2.45, 2.75) is 60.0 Å². The molecule has 0 saturated heterocycles. The van der Waals surface area contributed by atoms with Crippen LogP contribution in [0.3, 0.4) is 0 Å². The van der Waals surface area contributed by atoms with Gasteiger partial charge in [-0.15, -0.1) is 0 Å². The first-order valence-corrected chi connectivity index (χ1v) is 8.20. The van der Waals surface area contributed by atoms with Crippen LogP contribution in [-0.4, -0.2) is 44.3 Å². The number of rotatable bonds is 8. The monoisotopic (exact) mass is 314 g/mol. The molecule has 0 fully saturated rings. The van der Waals surface area contributed by atoms with Crippen LogP contribution in [0, 0.1) is 11.8 Å². The van der Waals surface area contributed by atoms with E-state index in [1.165, 1.54) is 0 Å². The van der Waals surface area contributed by atoms with Gasteiger partial charge in [-0.3, -0.25) is 4.99 Å². The molecule has 0 aromatic heterocycles. The molecule has 2 unspecified atom stereocenters. The molecule has 130 valence electrons. The summed E-state index contributed by atoms with van der Waals surface area (Å²) in [4.78, 5) is 15.8. The second-order valence-corrected chi connectivity index (χ2v) is 6.32. The number of ether oxygens (including phenoxy) is 1. The van der Waals surface area contributed by atoms with Crippen molar-refractivity contribution >= 4 is 12.1 Å². The number of nitrogens with zero attached hydrogens (tertiary/aromatic N) is 1. The second-order valence-electron chi connectivity index (χ2n) is 6.32. The van der Waals surface area contributed by atoms with Gasteiger partial charge in [-0.1, -0.05) is 27.7 Å². The Labute approximate surface area is 135 Å². The van der Waals surface area contributed by atoms with Gasteiger partial charge in [0.05, 0.1) is 6.61 Å². The predicted octanol–water partition coefficient (Wildman–Crippen LogP) is 2.36. The van der Waals surface area contributed by atoms with Crippen molar-refractivity contribution in [3.63, 3.8) is 0 Å². The summed E-state index contributed by atoms with van der Waals surface area (Å²) in [6.45, 7) is 13.5. The Morgan fingerprint density at radius 2 is 1.77 bits per heavy atom. The van der Waals surface area contributed by atoms with Gasteiger partial charge in [0.15, 0.2) is 5.96 Å². The Morgan fingerprint density at radius 1 is 1.14 bits per heavy atom. The highest BCUT2D eigenvalue weighted by atomic mass is 16.5. The second kappa shape index (κ2) is 11.2. The Morgan fingerprint density at radius 3 is 2.23 bits per heavy atom. The lowest BCUT2D eigenvalue weighted by atomic mass is 10.0. The van der Waals surface area contributed by atoms with Crippen LogP contribution in [0.4, 0.5) is 4.79 Å². The fraction of sp³-hybridized carbons (Fsp3) is 0.875. The zero-order valence-corrected chi connectivity index (χ0v) is 15.2. The molecule has 0 spiro atoms. The highest BCUT2D eigenvalue weighted by Crippen LogP contribution is 2.05. The predicted molar refractivity (Wildman–Crippen MR) is 92.2 cm³/mol. The summed E-state index contributed by atoms with van der Waals surface area (Å²) in [5, 5.41) is 9.52. The molecule has 22 heavy (non-hydrogen) atoms. The number of alkyl carbamates (subject to hydrolysis) is 1. The van der Waals surface area contributed by atoms with E-state index in [0.29, 0.717) is 31.0 Å². The molecular weight excluding hydrogens is 280 g/mol. The number of hydrogen-bond acceptors (Lipinski definition) is 3. The fourth-order valence-corrected chi connectivity index (χ4v) is 1.90. The number of guanidine groups is 1. The van der Waals surface area contributed by atoms with Crippen LogP contribution in [-0.2, 0) is 4.74 Å². The van der Waals surface area contributed by atoms with Gasteiger partial charge in [0.25, 0.3) is 0 Å². The van der Waals surface area contributed by atoms with Gasteiger partial charge in [0.2, 0.25) is 0 Å². The van der Waals surface area contributed by atoms with Gasteiger partial charge >= 0.3 is 6.09 Å². The first-order chi connectivity index (χ1) is 10.3. The maximum Gasteiger partial charge on any atom is 0.407 e. The Bertz CT molecular complexity index is 343. The third kappa shape index (κ3) is 9.47. The molecule has 1 amide bonds. The minimum Gasteiger partial charge on any atom is -0.450 e. The maximum atomic E-state index is 11.6. The van der Waals surface area contributed by atoms with Crippen molar-refractivity contribution < 1.29 is 9.53 Å². The van der Waals surface area contributed by atoms with Crippen molar-refractivity contribution in [1.82, 2.24) is 16.0 Å². The standard InChI is InChI=1S/C16H34N4O2/c1-8-22-16(21)20-14(9-11(2)3)10-18-15(17-7)19-13(6)12(4)5/h11-14H,8-10H2,1-7H3,(H,20,21)(H2,17,18,19). The van der Waals surface area contributed by atoms with Crippen molar-refractivity contribution in [3.8, 4) is 0 Å². The first-order valence-electron chi connectivity index (χ1n) is 8.20. The molecule has 0 rings (SSSR count). The summed E-state index contributed by atoms with van der Waals surface area (Å²) >= 11 is 0. The quantitative estimate of drug-likeness (QED) is 0.475. The average molecular weight is 314 g/mol. The van der Waals surface area contributed by atoms with Gasteiger partial charge in [-0.2, -0.15) is 0 Å². The van der Waals surface area contributed by atoms with E-state index in [-0.39, 0.29) is 12.1 Å². The number of carbonyl (C=O) groups excluding carboxylic acids is 1. The van der Waals surface area contributed by atoms with Crippen LogP contribution in [0.25, 0.3) is 0 Å². The topological polar surface area (TPSA) is 74.8 Å². The Hall–Kier alpha value is -1.46. The summed E-state index contributed by atoms with van der Waals surface area (Å²) in [6, 6.07) is 0.333. The molecule has 0 radical (unpaired) electrons. The van der Waals surface area contributed by atoms with E-state index in [4.69, 9.17) is 4.74 Å². The average Bonchev–Trinajstić information content (AvgIpc) is 2.42. The third-order valence-electron chi connectivity index (χ3n) is 3.46. The number of amides is 1. The van der Waals surface area contributed by atoms with E-state index in [2.05, 4.69) is 55.6 Å². The van der Waals surface area contributed by atoms with E-state index < -0.39 is 0 Å². The van der Waals surface area contributed by atoms with Crippen LogP contribution in [0.15, 0.2) is 4.99 Å². The molecule has 0 bridgehead atoms. The Kier molecular flexibility index (Phi) is 10.4. The fourth-order valence-electron chi connectivity index (χ4n) is 1.90. The molecule has 0 aliphatic rings. The highest BCUT2D eigenvalue weighted by Gasteiger charge is 2.16. The van der Waals surface area contributed by atoms with Gasteiger partial charge < -0.3 is 20.7 Å². The van der Waals surface area contributed by atoms with E-state index >= 15 is 0 Å². The molecule has 0 aliphatic carbocycles. The molecule has 0 aromatic carbocycles. The molecule has 0 heterocycles. The highest BCUT2D eigenvalue weighted by molar-refractivity contribution is 5.80. The van der Waals surface area contributed by atoms with Crippen LogP contribution in [0.2, 0.25) is 0 Å². The molecular formula is C16H34N4O2. The van der Waals surface area contributed by atoms with E-state index in [1.807, 2.05) is 0 Å². The molecule has 0 aliphatic heterocycles. The van der Waals surface area contributed by atoms with Crippen LogP contribution >= 0.6 is 0 Å². The summed E-state index contributed by atoms with van der Waals surface area (Å²) < 4.78 is 4.96. The van der Waals surface area contributed by atoms with Crippen molar-refractivity contribution in [2.24, 2.45) is 16.8 Å². The van der Waals surface area contributed by atoms with Gasteiger partial charge in [-0.25, -0.2) is 4.79 Å². The third-order valence-corrected chi connectivity index (χ3v) is 3.46.